The molecule has 0 bridgehead atoms. The normalized spacial score (nSPS) is 16.3. The summed E-state index contributed by atoms with van der Waals surface area (Å²) in [5.41, 5.74) is 5.29. The Hall–Kier alpha value is -2.51. The lowest BCUT2D eigenvalue weighted by molar-refractivity contribution is -0.385. The lowest BCUT2D eigenvalue weighted by Gasteiger charge is -2.16. The van der Waals surface area contributed by atoms with Crippen molar-refractivity contribution < 1.29 is 19.6 Å². The number of nitrogens with two attached hydrogens (primary N) is 1. The fourth-order valence-electron chi connectivity index (χ4n) is 2.09. The van der Waals surface area contributed by atoms with Gasteiger partial charge >= 0.3 is 0 Å². The summed E-state index contributed by atoms with van der Waals surface area (Å²) in [5, 5.41) is 22.4. The lowest BCUT2D eigenvalue weighted by atomic mass is 10.0. The van der Waals surface area contributed by atoms with E-state index in [0.717, 1.165) is 12.8 Å². The van der Waals surface area contributed by atoms with E-state index in [0.29, 0.717) is 24.5 Å². The maximum absolute atomic E-state index is 10.8. The van der Waals surface area contributed by atoms with Gasteiger partial charge in [-0.25, -0.2) is 0 Å². The molecule has 21 heavy (non-hydrogen) atoms. The van der Waals surface area contributed by atoms with Gasteiger partial charge in [0, 0.05) is 17.9 Å². The van der Waals surface area contributed by atoms with Crippen LogP contribution in [-0.4, -0.2) is 29.7 Å². The number of nitrogens with zero attached hydrogens (tertiary/aromatic N) is 2. The molecule has 1 saturated carbocycles. The van der Waals surface area contributed by atoms with Crippen LogP contribution in [0.5, 0.6) is 11.5 Å². The van der Waals surface area contributed by atoms with Crippen LogP contribution in [0.3, 0.4) is 0 Å². The van der Waals surface area contributed by atoms with Crippen LogP contribution in [0.2, 0.25) is 0 Å². The van der Waals surface area contributed by atoms with Crippen LogP contribution in [0.1, 0.15) is 19.3 Å². The average molecular weight is 295 g/mol. The molecule has 8 nitrogen and oxygen atoms in total. The molecule has 1 aliphatic carbocycles. The number of rotatable bonds is 7. The van der Waals surface area contributed by atoms with Gasteiger partial charge in [0.2, 0.25) is 0 Å². The molecule has 0 saturated heterocycles. The zero-order valence-corrected chi connectivity index (χ0v) is 11.6. The molecule has 0 radical (unpaired) electrons. The van der Waals surface area contributed by atoms with E-state index in [-0.39, 0.29) is 16.9 Å². The van der Waals surface area contributed by atoms with Crippen molar-refractivity contribution >= 4 is 11.5 Å². The summed E-state index contributed by atoms with van der Waals surface area (Å²) < 4.78 is 10.8. The number of hydrogen-bond donors (Lipinski definition) is 2. The average Bonchev–Trinajstić information content (AvgIpc) is 3.24. The summed E-state index contributed by atoms with van der Waals surface area (Å²) in [5.74, 6) is 0.903. The van der Waals surface area contributed by atoms with Crippen molar-refractivity contribution in [2.75, 3.05) is 13.7 Å². The van der Waals surface area contributed by atoms with Gasteiger partial charge in [0.1, 0.15) is 5.84 Å². The third-order valence-corrected chi connectivity index (χ3v) is 3.53. The molecule has 0 aliphatic heterocycles. The number of hydrogen-bond acceptors (Lipinski definition) is 6. The zero-order valence-electron chi connectivity index (χ0n) is 11.6. The Balaban J connectivity index is 2.09. The largest absolute Gasteiger partial charge is 0.493 e. The van der Waals surface area contributed by atoms with Crippen molar-refractivity contribution in [1.29, 1.82) is 0 Å². The van der Waals surface area contributed by atoms with E-state index in [2.05, 4.69) is 5.16 Å². The Bertz CT molecular complexity index is 569. The predicted molar refractivity (Wildman–Crippen MR) is 74.8 cm³/mol. The number of ether oxygens (including phenoxy) is 2. The van der Waals surface area contributed by atoms with E-state index in [1.54, 1.807) is 0 Å². The molecule has 114 valence electrons. The smallest absolute Gasteiger partial charge is 0.273 e. The molecule has 0 amide bonds. The molecule has 0 aromatic heterocycles. The number of nitro groups is 1. The molecular weight excluding hydrogens is 278 g/mol. The SMILES string of the molecule is COc1ccc([N+](=O)[O-])cc1OCC1(CC(N)=NO)CC1. The van der Waals surface area contributed by atoms with Gasteiger partial charge in [0.05, 0.1) is 24.7 Å². The molecule has 3 N–H and O–H groups in total. The summed E-state index contributed by atoms with van der Waals surface area (Å²) in [6.45, 7) is 0.334. The van der Waals surface area contributed by atoms with Gasteiger partial charge in [0.15, 0.2) is 11.5 Å². The Labute approximate surface area is 121 Å². The van der Waals surface area contributed by atoms with Crippen molar-refractivity contribution in [2.45, 2.75) is 19.3 Å². The first-order valence-corrected chi connectivity index (χ1v) is 6.41. The van der Waals surface area contributed by atoms with E-state index < -0.39 is 4.92 Å². The summed E-state index contributed by atoms with van der Waals surface area (Å²) in [6.07, 6.45) is 2.24. The Morgan fingerprint density at radius 3 is 2.76 bits per heavy atom. The highest BCUT2D eigenvalue weighted by Crippen LogP contribution is 2.49. The topological polar surface area (TPSA) is 120 Å². The van der Waals surface area contributed by atoms with Crippen LogP contribution in [0.25, 0.3) is 0 Å². The molecule has 0 unspecified atom stereocenters. The second-order valence-corrected chi connectivity index (χ2v) is 5.15. The quantitative estimate of drug-likeness (QED) is 0.260. The minimum Gasteiger partial charge on any atom is -0.493 e. The van der Waals surface area contributed by atoms with Crippen LogP contribution in [0, 0.1) is 15.5 Å². The first-order chi connectivity index (χ1) is 9.99. The first-order valence-electron chi connectivity index (χ1n) is 6.41. The predicted octanol–water partition coefficient (Wildman–Crippen LogP) is 1.90. The van der Waals surface area contributed by atoms with Gasteiger partial charge in [-0.3, -0.25) is 10.1 Å². The number of amidine groups is 1. The van der Waals surface area contributed by atoms with Crippen LogP contribution >= 0.6 is 0 Å². The van der Waals surface area contributed by atoms with Gasteiger partial charge in [-0.05, 0) is 18.9 Å². The van der Waals surface area contributed by atoms with Crippen LogP contribution in [-0.2, 0) is 0 Å². The molecule has 0 heterocycles. The third kappa shape index (κ3) is 3.53. The van der Waals surface area contributed by atoms with Crippen LogP contribution < -0.4 is 15.2 Å². The van der Waals surface area contributed by atoms with Crippen LogP contribution in [0.4, 0.5) is 5.69 Å². The van der Waals surface area contributed by atoms with Gasteiger partial charge in [0.25, 0.3) is 5.69 Å². The van der Waals surface area contributed by atoms with E-state index in [4.69, 9.17) is 20.4 Å². The molecular formula is C13H17N3O5. The Morgan fingerprint density at radius 2 is 2.24 bits per heavy atom. The zero-order chi connectivity index (χ0) is 15.5. The van der Waals surface area contributed by atoms with Gasteiger partial charge in [-0.1, -0.05) is 5.16 Å². The molecule has 1 fully saturated rings. The summed E-state index contributed by atoms with van der Waals surface area (Å²) in [6, 6.07) is 4.18. The number of non-ortho nitro benzene ring substituents is 1. The highest BCUT2D eigenvalue weighted by Gasteiger charge is 2.44. The maximum atomic E-state index is 10.8. The molecule has 1 aromatic rings. The van der Waals surface area contributed by atoms with Crippen molar-refractivity contribution in [2.24, 2.45) is 16.3 Å². The van der Waals surface area contributed by atoms with E-state index in [1.165, 1.54) is 25.3 Å². The molecule has 1 aromatic carbocycles. The van der Waals surface area contributed by atoms with Gasteiger partial charge < -0.3 is 20.4 Å². The number of oxime groups is 1. The highest BCUT2D eigenvalue weighted by molar-refractivity contribution is 5.80. The van der Waals surface area contributed by atoms with E-state index >= 15 is 0 Å². The van der Waals surface area contributed by atoms with Crippen LogP contribution in [0.15, 0.2) is 23.4 Å². The summed E-state index contributed by atoms with van der Waals surface area (Å²) >= 11 is 0. The van der Waals surface area contributed by atoms with Gasteiger partial charge in [-0.2, -0.15) is 0 Å². The standard InChI is InChI=1S/C13H17N3O5/c1-20-10-3-2-9(16(18)19)6-11(10)21-8-13(4-5-13)7-12(14)15-17/h2-3,6,17H,4-5,7-8H2,1H3,(H2,14,15). The van der Waals surface area contributed by atoms with Crippen molar-refractivity contribution in [1.82, 2.24) is 0 Å². The molecule has 1 aliphatic rings. The number of benzene rings is 1. The fraction of sp³-hybridized carbons (Fsp3) is 0.462. The number of methoxy groups -OCH3 is 1. The van der Waals surface area contributed by atoms with Crippen molar-refractivity contribution in [3.8, 4) is 11.5 Å². The van der Waals surface area contributed by atoms with Crippen molar-refractivity contribution in [3.63, 3.8) is 0 Å². The minimum atomic E-state index is -0.490. The lowest BCUT2D eigenvalue weighted by Crippen LogP contribution is -2.22. The monoisotopic (exact) mass is 295 g/mol. The molecule has 0 spiro atoms. The summed E-state index contributed by atoms with van der Waals surface area (Å²) in [7, 11) is 1.47. The molecule has 8 heteroatoms. The third-order valence-electron chi connectivity index (χ3n) is 3.53. The van der Waals surface area contributed by atoms with Gasteiger partial charge in [-0.15, -0.1) is 0 Å². The second kappa shape index (κ2) is 5.86. The molecule has 2 rings (SSSR count). The van der Waals surface area contributed by atoms with E-state index in [9.17, 15) is 10.1 Å². The highest BCUT2D eigenvalue weighted by atomic mass is 16.6. The Morgan fingerprint density at radius 1 is 1.52 bits per heavy atom. The summed E-state index contributed by atoms with van der Waals surface area (Å²) in [4.78, 5) is 10.3. The van der Waals surface area contributed by atoms with E-state index in [1.807, 2.05) is 0 Å². The second-order valence-electron chi connectivity index (χ2n) is 5.15. The number of nitro benzene ring substituents is 1. The minimum absolute atomic E-state index is 0.0629. The maximum Gasteiger partial charge on any atom is 0.273 e. The Kier molecular flexibility index (Phi) is 4.15. The van der Waals surface area contributed by atoms with Crippen molar-refractivity contribution in [3.05, 3.63) is 28.3 Å². The fourth-order valence-corrected chi connectivity index (χ4v) is 2.09. The first kappa shape index (κ1) is 14.9. The molecule has 0 atom stereocenters.